The molecule has 1 amide bonds. The lowest BCUT2D eigenvalue weighted by Gasteiger charge is -2.12. The van der Waals surface area contributed by atoms with E-state index in [2.05, 4.69) is 5.10 Å². The van der Waals surface area contributed by atoms with Crippen LogP contribution in [0.5, 0.6) is 0 Å². The van der Waals surface area contributed by atoms with Crippen LogP contribution in [0.15, 0.2) is 53.1 Å². The standard InChI is InChI=1S/C18H14Cl2N2O/c1-11-3-5-13(6-4-11)7-17-12(2)21-22(18(17)23)16-9-14(19)8-15(20)10-16/h3-10H,1-2H3/b17-7+. The second-order valence-electron chi connectivity index (χ2n) is 5.40. The van der Waals surface area contributed by atoms with E-state index in [9.17, 15) is 4.79 Å². The van der Waals surface area contributed by atoms with Gasteiger partial charge in [0.2, 0.25) is 0 Å². The molecule has 0 radical (unpaired) electrons. The molecule has 5 heteroatoms. The van der Waals surface area contributed by atoms with Gasteiger partial charge in [-0.3, -0.25) is 4.79 Å². The average Bonchev–Trinajstić information content (AvgIpc) is 2.76. The first-order valence-electron chi connectivity index (χ1n) is 7.08. The second-order valence-corrected chi connectivity index (χ2v) is 6.27. The van der Waals surface area contributed by atoms with E-state index in [1.165, 1.54) is 10.6 Å². The highest BCUT2D eigenvalue weighted by Gasteiger charge is 2.29. The van der Waals surface area contributed by atoms with Gasteiger partial charge in [-0.1, -0.05) is 53.0 Å². The molecule has 0 aromatic heterocycles. The molecule has 0 saturated carbocycles. The molecule has 0 unspecified atom stereocenters. The number of aryl methyl sites for hydroxylation is 1. The minimum absolute atomic E-state index is 0.193. The number of hydrazone groups is 1. The lowest BCUT2D eigenvalue weighted by molar-refractivity contribution is -0.114. The van der Waals surface area contributed by atoms with Gasteiger partial charge in [0.15, 0.2) is 0 Å². The molecule has 2 aromatic carbocycles. The third-order valence-corrected chi connectivity index (χ3v) is 3.98. The quantitative estimate of drug-likeness (QED) is 0.697. The van der Waals surface area contributed by atoms with Gasteiger partial charge in [-0.05, 0) is 43.7 Å². The topological polar surface area (TPSA) is 32.7 Å². The zero-order valence-corrected chi connectivity index (χ0v) is 14.2. The monoisotopic (exact) mass is 344 g/mol. The van der Waals surface area contributed by atoms with Gasteiger partial charge in [-0.25, -0.2) is 0 Å². The zero-order chi connectivity index (χ0) is 16.6. The molecule has 0 bridgehead atoms. The van der Waals surface area contributed by atoms with Crippen LogP contribution in [0.4, 0.5) is 5.69 Å². The van der Waals surface area contributed by atoms with E-state index in [1.807, 2.05) is 44.2 Å². The zero-order valence-electron chi connectivity index (χ0n) is 12.7. The van der Waals surface area contributed by atoms with Crippen LogP contribution in [-0.2, 0) is 4.79 Å². The first-order chi connectivity index (χ1) is 10.9. The summed E-state index contributed by atoms with van der Waals surface area (Å²) < 4.78 is 0. The SMILES string of the molecule is CC1=NN(c2cc(Cl)cc(Cl)c2)C(=O)/C1=C/c1ccc(C)cc1. The number of hydrogen-bond donors (Lipinski definition) is 0. The molecule has 2 aromatic rings. The Bertz CT molecular complexity index is 818. The molecular formula is C18H14Cl2N2O. The Morgan fingerprint density at radius 2 is 1.61 bits per heavy atom. The number of anilines is 1. The van der Waals surface area contributed by atoms with E-state index >= 15 is 0 Å². The lowest BCUT2D eigenvalue weighted by Crippen LogP contribution is -2.21. The Hall–Kier alpha value is -2.10. The van der Waals surface area contributed by atoms with E-state index in [0.717, 1.165) is 5.56 Å². The summed E-state index contributed by atoms with van der Waals surface area (Å²) in [6, 6.07) is 12.9. The number of hydrogen-bond acceptors (Lipinski definition) is 2. The molecule has 1 aliphatic rings. The van der Waals surface area contributed by atoms with Crippen LogP contribution in [0, 0.1) is 6.92 Å². The maximum atomic E-state index is 12.7. The van der Waals surface area contributed by atoms with Crippen LogP contribution in [0.2, 0.25) is 10.0 Å². The van der Waals surface area contributed by atoms with Gasteiger partial charge in [-0.2, -0.15) is 10.1 Å². The van der Waals surface area contributed by atoms with Crippen LogP contribution < -0.4 is 5.01 Å². The van der Waals surface area contributed by atoms with E-state index in [-0.39, 0.29) is 5.91 Å². The average molecular weight is 345 g/mol. The molecule has 0 N–H and O–H groups in total. The molecule has 3 rings (SSSR count). The van der Waals surface area contributed by atoms with Gasteiger partial charge in [0.1, 0.15) is 0 Å². The molecule has 1 heterocycles. The van der Waals surface area contributed by atoms with Gasteiger partial charge in [0.05, 0.1) is 17.0 Å². The van der Waals surface area contributed by atoms with Crippen molar-refractivity contribution in [3.8, 4) is 0 Å². The third kappa shape index (κ3) is 3.31. The Kier molecular flexibility index (Phi) is 4.24. The van der Waals surface area contributed by atoms with Gasteiger partial charge >= 0.3 is 0 Å². The van der Waals surface area contributed by atoms with Crippen molar-refractivity contribution in [3.63, 3.8) is 0 Å². The highest BCUT2D eigenvalue weighted by molar-refractivity contribution is 6.36. The first-order valence-corrected chi connectivity index (χ1v) is 7.84. The van der Waals surface area contributed by atoms with E-state index in [1.54, 1.807) is 18.2 Å². The van der Waals surface area contributed by atoms with Crippen molar-refractivity contribution in [1.29, 1.82) is 0 Å². The van der Waals surface area contributed by atoms with Crippen molar-refractivity contribution in [2.75, 3.05) is 5.01 Å². The number of benzene rings is 2. The molecule has 23 heavy (non-hydrogen) atoms. The summed E-state index contributed by atoms with van der Waals surface area (Å²) in [5.41, 5.74) is 3.90. The van der Waals surface area contributed by atoms with Crippen LogP contribution in [0.25, 0.3) is 6.08 Å². The van der Waals surface area contributed by atoms with Crippen molar-refractivity contribution < 1.29 is 4.79 Å². The lowest BCUT2D eigenvalue weighted by atomic mass is 10.1. The minimum Gasteiger partial charge on any atom is -0.267 e. The Morgan fingerprint density at radius 1 is 1.00 bits per heavy atom. The predicted molar refractivity (Wildman–Crippen MR) is 96.2 cm³/mol. The van der Waals surface area contributed by atoms with Gasteiger partial charge < -0.3 is 0 Å². The molecule has 0 spiro atoms. The van der Waals surface area contributed by atoms with Gasteiger partial charge in [0.25, 0.3) is 5.91 Å². The van der Waals surface area contributed by atoms with E-state index < -0.39 is 0 Å². The van der Waals surface area contributed by atoms with Crippen molar-refractivity contribution >= 4 is 46.6 Å². The summed E-state index contributed by atoms with van der Waals surface area (Å²) in [5.74, 6) is -0.193. The van der Waals surface area contributed by atoms with Crippen molar-refractivity contribution in [1.82, 2.24) is 0 Å². The molecule has 0 atom stereocenters. The Balaban J connectivity index is 1.96. The highest BCUT2D eigenvalue weighted by atomic mass is 35.5. The molecule has 3 nitrogen and oxygen atoms in total. The normalized spacial score (nSPS) is 16.2. The second kappa shape index (κ2) is 6.19. The van der Waals surface area contributed by atoms with Crippen LogP contribution in [-0.4, -0.2) is 11.6 Å². The van der Waals surface area contributed by atoms with Crippen LogP contribution in [0.1, 0.15) is 18.1 Å². The summed E-state index contributed by atoms with van der Waals surface area (Å²) in [6.07, 6.45) is 1.84. The van der Waals surface area contributed by atoms with Crippen LogP contribution in [0.3, 0.4) is 0 Å². The maximum absolute atomic E-state index is 12.7. The van der Waals surface area contributed by atoms with Crippen LogP contribution >= 0.6 is 23.2 Å². The summed E-state index contributed by atoms with van der Waals surface area (Å²) in [5, 5.41) is 6.58. The fourth-order valence-electron chi connectivity index (χ4n) is 2.35. The highest BCUT2D eigenvalue weighted by Crippen LogP contribution is 2.30. The van der Waals surface area contributed by atoms with Crippen molar-refractivity contribution in [3.05, 3.63) is 69.2 Å². The van der Waals surface area contributed by atoms with E-state index in [0.29, 0.717) is 27.0 Å². The maximum Gasteiger partial charge on any atom is 0.280 e. The van der Waals surface area contributed by atoms with Crippen molar-refractivity contribution in [2.45, 2.75) is 13.8 Å². The molecule has 1 aliphatic heterocycles. The molecule has 116 valence electrons. The minimum atomic E-state index is -0.193. The fraction of sp³-hybridized carbons (Fsp3) is 0.111. The molecule has 0 saturated heterocycles. The first kappa shape index (κ1) is 15.8. The number of carbonyl (C=O) groups excluding carboxylic acids is 1. The summed E-state index contributed by atoms with van der Waals surface area (Å²) in [4.78, 5) is 12.7. The largest absolute Gasteiger partial charge is 0.280 e. The van der Waals surface area contributed by atoms with Gasteiger partial charge in [0, 0.05) is 10.0 Å². The van der Waals surface area contributed by atoms with Gasteiger partial charge in [-0.15, -0.1) is 0 Å². The summed E-state index contributed by atoms with van der Waals surface area (Å²) in [7, 11) is 0. The van der Waals surface area contributed by atoms with E-state index in [4.69, 9.17) is 23.2 Å². The predicted octanol–water partition coefficient (Wildman–Crippen LogP) is 5.11. The molecular weight excluding hydrogens is 331 g/mol. The Labute approximate surface area is 144 Å². The summed E-state index contributed by atoms with van der Waals surface area (Å²) >= 11 is 12.0. The third-order valence-electron chi connectivity index (χ3n) is 3.54. The smallest absolute Gasteiger partial charge is 0.267 e. The number of carbonyl (C=O) groups is 1. The number of nitrogens with zero attached hydrogens (tertiary/aromatic N) is 2. The van der Waals surface area contributed by atoms with Crippen molar-refractivity contribution in [2.24, 2.45) is 5.10 Å². The number of halogens is 2. The summed E-state index contributed by atoms with van der Waals surface area (Å²) in [6.45, 7) is 3.83. The molecule has 0 fully saturated rings. The molecule has 0 aliphatic carbocycles. The number of amides is 1. The number of rotatable bonds is 2. The Morgan fingerprint density at radius 3 is 2.22 bits per heavy atom. The fourth-order valence-corrected chi connectivity index (χ4v) is 2.86.